The highest BCUT2D eigenvalue weighted by molar-refractivity contribution is 9.10. The number of aromatic nitrogens is 1. The molecule has 0 saturated heterocycles. The van der Waals surface area contributed by atoms with Crippen molar-refractivity contribution in [2.24, 2.45) is 0 Å². The average molecular weight is 333 g/mol. The van der Waals surface area contributed by atoms with E-state index in [1.54, 1.807) is 12.3 Å². The molecule has 1 aromatic carbocycles. The van der Waals surface area contributed by atoms with Crippen molar-refractivity contribution in [1.29, 1.82) is 0 Å². The van der Waals surface area contributed by atoms with Gasteiger partial charge in [-0.05, 0) is 40.2 Å². The van der Waals surface area contributed by atoms with Crippen LogP contribution in [0.15, 0.2) is 34.9 Å². The molecule has 1 aromatic heterocycles. The highest BCUT2D eigenvalue weighted by atomic mass is 79.9. The van der Waals surface area contributed by atoms with Gasteiger partial charge in [-0.3, -0.25) is 0 Å². The van der Waals surface area contributed by atoms with E-state index in [1.165, 1.54) is 0 Å². The van der Waals surface area contributed by atoms with Crippen LogP contribution in [0.5, 0.6) is 0 Å². The summed E-state index contributed by atoms with van der Waals surface area (Å²) >= 11 is 15.4. The smallest absolute Gasteiger partial charge is 0.123 e. The molecule has 1 heterocycles. The van der Waals surface area contributed by atoms with Crippen molar-refractivity contribution in [2.75, 3.05) is 11.1 Å². The van der Waals surface area contributed by atoms with Gasteiger partial charge < -0.3 is 11.1 Å². The van der Waals surface area contributed by atoms with E-state index in [1.807, 2.05) is 18.2 Å². The topological polar surface area (TPSA) is 50.9 Å². The van der Waals surface area contributed by atoms with Crippen molar-refractivity contribution in [3.8, 4) is 0 Å². The Kier molecular flexibility index (Phi) is 3.76. The van der Waals surface area contributed by atoms with Gasteiger partial charge in [0.05, 0.1) is 27.6 Å². The third kappa shape index (κ3) is 2.83. The van der Waals surface area contributed by atoms with Gasteiger partial charge in [0.2, 0.25) is 0 Å². The first-order valence-electron chi connectivity index (χ1n) is 4.70. The molecule has 0 atom stereocenters. The van der Waals surface area contributed by atoms with E-state index in [0.717, 1.165) is 10.2 Å². The minimum atomic E-state index is 0.456. The Labute approximate surface area is 117 Å². The molecule has 2 rings (SSSR count). The summed E-state index contributed by atoms with van der Waals surface area (Å²) in [4.78, 5) is 3.97. The molecular formula is C11H8BrCl2N3. The fourth-order valence-corrected chi connectivity index (χ4v) is 2.08. The molecular weight excluding hydrogens is 325 g/mol. The van der Waals surface area contributed by atoms with Crippen molar-refractivity contribution < 1.29 is 0 Å². The lowest BCUT2D eigenvalue weighted by molar-refractivity contribution is 1.33. The summed E-state index contributed by atoms with van der Waals surface area (Å²) in [6, 6.07) is 7.17. The van der Waals surface area contributed by atoms with Gasteiger partial charge in [-0.15, -0.1) is 0 Å². The Balaban J connectivity index is 2.30. The standard InChI is InChI=1S/C11H8BrCl2N3/c12-7-2-3-8(11(14)10(7)13)17-6-1-4-9(15)16-5-6/h1-5,17H,(H2,15,16). The zero-order valence-corrected chi connectivity index (χ0v) is 11.6. The molecule has 0 aliphatic rings. The van der Waals surface area contributed by atoms with Crippen LogP contribution in [-0.2, 0) is 0 Å². The Morgan fingerprint density at radius 1 is 1.12 bits per heavy atom. The molecule has 0 fully saturated rings. The van der Waals surface area contributed by atoms with Crippen molar-refractivity contribution >= 4 is 56.3 Å². The maximum Gasteiger partial charge on any atom is 0.123 e. The van der Waals surface area contributed by atoms with Crippen LogP contribution >= 0.6 is 39.1 Å². The van der Waals surface area contributed by atoms with Gasteiger partial charge in [0.15, 0.2) is 0 Å². The largest absolute Gasteiger partial charge is 0.384 e. The van der Waals surface area contributed by atoms with Crippen LogP contribution in [0, 0.1) is 0 Å². The molecule has 0 bridgehead atoms. The first-order chi connectivity index (χ1) is 8.08. The predicted octanol–water partition coefficient (Wildman–Crippen LogP) is 4.48. The summed E-state index contributed by atoms with van der Waals surface area (Å²) in [5, 5.41) is 4.04. The van der Waals surface area contributed by atoms with E-state index >= 15 is 0 Å². The third-order valence-electron chi connectivity index (χ3n) is 2.10. The first-order valence-corrected chi connectivity index (χ1v) is 6.25. The van der Waals surface area contributed by atoms with Gasteiger partial charge >= 0.3 is 0 Å². The van der Waals surface area contributed by atoms with E-state index in [2.05, 4.69) is 26.2 Å². The van der Waals surface area contributed by atoms with E-state index < -0.39 is 0 Å². The van der Waals surface area contributed by atoms with E-state index in [-0.39, 0.29) is 0 Å². The number of nitrogen functional groups attached to an aromatic ring is 1. The molecule has 0 saturated carbocycles. The van der Waals surface area contributed by atoms with Crippen molar-refractivity contribution in [1.82, 2.24) is 4.98 Å². The predicted molar refractivity (Wildman–Crippen MR) is 76.1 cm³/mol. The van der Waals surface area contributed by atoms with Gasteiger partial charge in [0.25, 0.3) is 0 Å². The third-order valence-corrected chi connectivity index (χ3v) is 3.87. The van der Waals surface area contributed by atoms with Gasteiger partial charge in [-0.1, -0.05) is 23.2 Å². The Morgan fingerprint density at radius 3 is 2.53 bits per heavy atom. The van der Waals surface area contributed by atoms with Crippen LogP contribution in [0.3, 0.4) is 0 Å². The second-order valence-corrected chi connectivity index (χ2v) is 4.93. The number of anilines is 3. The number of benzene rings is 1. The van der Waals surface area contributed by atoms with Gasteiger partial charge in [0, 0.05) is 4.47 Å². The van der Waals surface area contributed by atoms with Crippen LogP contribution in [0.1, 0.15) is 0 Å². The fourth-order valence-electron chi connectivity index (χ4n) is 1.26. The van der Waals surface area contributed by atoms with Crippen molar-refractivity contribution in [3.05, 3.63) is 45.0 Å². The summed E-state index contributed by atoms with van der Waals surface area (Å²) < 4.78 is 0.755. The Bertz CT molecular complexity index is 543. The molecule has 0 radical (unpaired) electrons. The molecule has 6 heteroatoms. The van der Waals surface area contributed by atoms with E-state index in [4.69, 9.17) is 28.9 Å². The lowest BCUT2D eigenvalue weighted by Crippen LogP contribution is -1.94. The molecule has 2 aromatic rings. The lowest BCUT2D eigenvalue weighted by atomic mass is 10.3. The first kappa shape index (κ1) is 12.5. The highest BCUT2D eigenvalue weighted by Gasteiger charge is 2.08. The quantitative estimate of drug-likeness (QED) is 0.797. The summed E-state index contributed by atoms with van der Waals surface area (Å²) in [6.45, 7) is 0. The van der Waals surface area contributed by atoms with Crippen LogP contribution in [-0.4, -0.2) is 4.98 Å². The fraction of sp³-hybridized carbons (Fsp3) is 0. The van der Waals surface area contributed by atoms with E-state index in [9.17, 15) is 0 Å². The van der Waals surface area contributed by atoms with Crippen LogP contribution in [0.25, 0.3) is 0 Å². The lowest BCUT2D eigenvalue weighted by Gasteiger charge is -2.10. The number of nitrogens with zero attached hydrogens (tertiary/aromatic N) is 1. The normalized spacial score (nSPS) is 10.3. The Hall–Kier alpha value is -0.970. The van der Waals surface area contributed by atoms with Crippen molar-refractivity contribution in [3.63, 3.8) is 0 Å². The highest BCUT2D eigenvalue weighted by Crippen LogP contribution is 2.36. The molecule has 0 aliphatic heterocycles. The number of hydrogen-bond acceptors (Lipinski definition) is 3. The monoisotopic (exact) mass is 331 g/mol. The second kappa shape index (κ2) is 5.12. The number of rotatable bonds is 2. The maximum atomic E-state index is 6.11. The number of nitrogens with one attached hydrogen (secondary N) is 1. The van der Waals surface area contributed by atoms with Crippen LogP contribution < -0.4 is 11.1 Å². The molecule has 3 nitrogen and oxygen atoms in total. The van der Waals surface area contributed by atoms with Crippen LogP contribution in [0.2, 0.25) is 10.0 Å². The number of nitrogens with two attached hydrogens (primary N) is 1. The number of halogens is 3. The van der Waals surface area contributed by atoms with Gasteiger partial charge in [-0.2, -0.15) is 0 Å². The van der Waals surface area contributed by atoms with Crippen LogP contribution in [0.4, 0.5) is 17.2 Å². The van der Waals surface area contributed by atoms with Gasteiger partial charge in [-0.25, -0.2) is 4.98 Å². The summed E-state index contributed by atoms with van der Waals surface area (Å²) in [5.74, 6) is 0.468. The molecule has 88 valence electrons. The molecule has 0 unspecified atom stereocenters. The zero-order chi connectivity index (χ0) is 12.4. The molecule has 0 amide bonds. The maximum absolute atomic E-state index is 6.11. The summed E-state index contributed by atoms with van der Waals surface area (Å²) in [6.07, 6.45) is 1.63. The molecule has 0 aliphatic carbocycles. The summed E-state index contributed by atoms with van der Waals surface area (Å²) in [7, 11) is 0. The van der Waals surface area contributed by atoms with Crippen molar-refractivity contribution in [2.45, 2.75) is 0 Å². The average Bonchev–Trinajstić information content (AvgIpc) is 2.33. The number of pyridine rings is 1. The molecule has 17 heavy (non-hydrogen) atoms. The van der Waals surface area contributed by atoms with Gasteiger partial charge in [0.1, 0.15) is 5.82 Å². The minimum absolute atomic E-state index is 0.456. The zero-order valence-electron chi connectivity index (χ0n) is 8.55. The SMILES string of the molecule is Nc1ccc(Nc2ccc(Br)c(Cl)c2Cl)cn1. The molecule has 3 N–H and O–H groups in total. The Morgan fingerprint density at radius 2 is 1.88 bits per heavy atom. The summed E-state index contributed by atoms with van der Waals surface area (Å²) in [5.41, 5.74) is 7.01. The van der Waals surface area contributed by atoms with E-state index in [0.29, 0.717) is 21.6 Å². The number of hydrogen-bond donors (Lipinski definition) is 2. The molecule has 0 spiro atoms. The minimum Gasteiger partial charge on any atom is -0.384 e. The second-order valence-electron chi connectivity index (χ2n) is 3.32.